The van der Waals surface area contributed by atoms with E-state index in [0.29, 0.717) is 0 Å². The standard InChI is InChI=1S/2C8H6O4.Ca.Zn/c2*9-7(10)5-3-1-2-4-6(5)8(11)12;;/h2*1-4H,(H,9,10)(H,11,12);;/q;;2*+2/p-4. The molecule has 0 aromatic heterocycles. The van der Waals surface area contributed by atoms with Crippen molar-refractivity contribution in [2.24, 2.45) is 0 Å². The summed E-state index contributed by atoms with van der Waals surface area (Å²) in [6.45, 7) is 0. The van der Waals surface area contributed by atoms with Gasteiger partial charge in [0.25, 0.3) is 0 Å². The van der Waals surface area contributed by atoms with E-state index >= 15 is 0 Å². The normalized spacial score (nSPS) is 8.62. The van der Waals surface area contributed by atoms with Gasteiger partial charge in [-0.05, 0) is 0 Å². The molecule has 10 heteroatoms. The van der Waals surface area contributed by atoms with Gasteiger partial charge in [-0.15, -0.1) is 0 Å². The molecule has 124 valence electrons. The number of rotatable bonds is 4. The molecule has 0 radical (unpaired) electrons. The number of hydrogen-bond acceptors (Lipinski definition) is 8. The van der Waals surface area contributed by atoms with Crippen LogP contribution in [0.15, 0.2) is 48.5 Å². The van der Waals surface area contributed by atoms with Crippen LogP contribution in [0, 0.1) is 0 Å². The summed E-state index contributed by atoms with van der Waals surface area (Å²) in [5.41, 5.74) is -1.45. The molecule has 0 saturated heterocycles. The average Bonchev–Trinajstić information content (AvgIpc) is 2.55. The van der Waals surface area contributed by atoms with Crippen LogP contribution in [0.4, 0.5) is 0 Å². The van der Waals surface area contributed by atoms with Crippen molar-refractivity contribution in [3.8, 4) is 0 Å². The van der Waals surface area contributed by atoms with Crippen molar-refractivity contribution in [3.05, 3.63) is 70.8 Å². The van der Waals surface area contributed by atoms with Crippen LogP contribution in [0.3, 0.4) is 0 Å². The minimum Gasteiger partial charge on any atom is -0.545 e. The maximum atomic E-state index is 10.3. The molecule has 0 aliphatic carbocycles. The monoisotopic (exact) mass is 432 g/mol. The molecule has 0 fully saturated rings. The Labute approximate surface area is 190 Å². The van der Waals surface area contributed by atoms with Gasteiger partial charge in [-0.2, -0.15) is 0 Å². The number of carboxylic acids is 4. The van der Waals surface area contributed by atoms with Crippen molar-refractivity contribution < 1.29 is 59.1 Å². The molecule has 0 amide bonds. The Bertz CT molecular complexity index is 673. The van der Waals surface area contributed by atoms with Gasteiger partial charge in [-0.1, -0.05) is 48.5 Å². The first-order valence-corrected chi connectivity index (χ1v) is 6.29. The third-order valence-corrected chi connectivity index (χ3v) is 2.73. The quantitative estimate of drug-likeness (QED) is 0.448. The minimum atomic E-state index is -1.52. The summed E-state index contributed by atoms with van der Waals surface area (Å²) in [7, 11) is 0. The first-order valence-electron chi connectivity index (χ1n) is 6.29. The maximum absolute atomic E-state index is 10.3. The van der Waals surface area contributed by atoms with Gasteiger partial charge in [0, 0.05) is 22.3 Å². The topological polar surface area (TPSA) is 161 Å². The summed E-state index contributed by atoms with van der Waals surface area (Å²) in [6, 6.07) is 10.3. The van der Waals surface area contributed by atoms with E-state index in [0.717, 1.165) is 24.3 Å². The van der Waals surface area contributed by atoms with Gasteiger partial charge in [0.1, 0.15) is 0 Å². The van der Waals surface area contributed by atoms with Crippen LogP contribution < -0.4 is 20.4 Å². The van der Waals surface area contributed by atoms with E-state index in [-0.39, 0.29) is 79.5 Å². The Balaban J connectivity index is 0. The van der Waals surface area contributed by atoms with E-state index in [4.69, 9.17) is 0 Å². The van der Waals surface area contributed by atoms with E-state index in [9.17, 15) is 39.6 Å². The van der Waals surface area contributed by atoms with Crippen molar-refractivity contribution in [2.45, 2.75) is 0 Å². The Morgan fingerprint density at radius 1 is 0.500 bits per heavy atom. The fourth-order valence-corrected chi connectivity index (χ4v) is 1.68. The van der Waals surface area contributed by atoms with Gasteiger partial charge in [0.15, 0.2) is 0 Å². The van der Waals surface area contributed by atoms with Crippen LogP contribution in [-0.2, 0) is 19.5 Å². The zero-order chi connectivity index (χ0) is 18.3. The molecular formula is C16H8CaO8Zn. The second-order valence-corrected chi connectivity index (χ2v) is 4.24. The summed E-state index contributed by atoms with van der Waals surface area (Å²) >= 11 is 0. The van der Waals surface area contributed by atoms with Crippen molar-refractivity contribution in [1.29, 1.82) is 0 Å². The van der Waals surface area contributed by atoms with Crippen LogP contribution in [0.1, 0.15) is 41.4 Å². The molecule has 2 aromatic carbocycles. The van der Waals surface area contributed by atoms with E-state index < -0.39 is 23.9 Å². The zero-order valence-corrected chi connectivity index (χ0v) is 18.5. The van der Waals surface area contributed by atoms with Crippen molar-refractivity contribution in [1.82, 2.24) is 0 Å². The van der Waals surface area contributed by atoms with Crippen LogP contribution >= 0.6 is 0 Å². The second-order valence-electron chi connectivity index (χ2n) is 4.24. The Kier molecular flexibility index (Phi) is 12.7. The maximum Gasteiger partial charge on any atom is 2.00 e. The molecule has 0 N–H and O–H groups in total. The van der Waals surface area contributed by atoms with E-state index in [1.807, 2.05) is 0 Å². The molecule has 0 bridgehead atoms. The van der Waals surface area contributed by atoms with E-state index in [1.165, 1.54) is 24.3 Å². The van der Waals surface area contributed by atoms with Gasteiger partial charge in [0.2, 0.25) is 0 Å². The molecule has 26 heavy (non-hydrogen) atoms. The van der Waals surface area contributed by atoms with Crippen molar-refractivity contribution in [3.63, 3.8) is 0 Å². The van der Waals surface area contributed by atoms with Gasteiger partial charge < -0.3 is 39.6 Å². The molecule has 0 aliphatic heterocycles. The molecular weight excluding hydrogens is 426 g/mol. The zero-order valence-electron chi connectivity index (χ0n) is 13.3. The first-order chi connectivity index (χ1) is 11.3. The molecule has 0 unspecified atom stereocenters. The Morgan fingerprint density at radius 2 is 0.654 bits per heavy atom. The average molecular weight is 434 g/mol. The van der Waals surface area contributed by atoms with Crippen molar-refractivity contribution >= 4 is 61.6 Å². The van der Waals surface area contributed by atoms with Crippen LogP contribution in [0.25, 0.3) is 0 Å². The Hall–Kier alpha value is -1.80. The molecule has 0 heterocycles. The number of carbonyl (C=O) groups excluding carboxylic acids is 4. The summed E-state index contributed by atoms with van der Waals surface area (Å²) in [4.78, 5) is 41.3. The molecule has 0 saturated carbocycles. The predicted molar refractivity (Wildman–Crippen MR) is 76.0 cm³/mol. The molecule has 0 atom stereocenters. The van der Waals surface area contributed by atoms with Gasteiger partial charge in [0.05, 0.1) is 23.9 Å². The third kappa shape index (κ3) is 7.62. The van der Waals surface area contributed by atoms with Crippen LogP contribution in [-0.4, -0.2) is 61.6 Å². The second kappa shape index (κ2) is 12.5. The number of carbonyl (C=O) groups is 4. The van der Waals surface area contributed by atoms with Gasteiger partial charge in [-0.3, -0.25) is 0 Å². The van der Waals surface area contributed by atoms with E-state index in [2.05, 4.69) is 0 Å². The molecule has 0 aliphatic rings. The van der Waals surface area contributed by atoms with Crippen LogP contribution in [0.2, 0.25) is 0 Å². The number of aromatic carboxylic acids is 4. The summed E-state index contributed by atoms with van der Waals surface area (Å²) in [6.07, 6.45) is 0. The smallest absolute Gasteiger partial charge is 0.545 e. The molecule has 8 nitrogen and oxygen atoms in total. The third-order valence-electron chi connectivity index (χ3n) is 2.73. The SMILES string of the molecule is O=C([O-])c1ccccc1C(=O)[O-].O=C([O-])c1ccccc1C(=O)[O-].[Ca+2].[Zn+2]. The van der Waals surface area contributed by atoms with Crippen molar-refractivity contribution in [2.75, 3.05) is 0 Å². The van der Waals surface area contributed by atoms with Gasteiger partial charge in [-0.25, -0.2) is 0 Å². The fraction of sp³-hybridized carbons (Fsp3) is 0. The number of benzene rings is 2. The van der Waals surface area contributed by atoms with Gasteiger partial charge >= 0.3 is 57.2 Å². The number of hydrogen-bond donors (Lipinski definition) is 0. The largest absolute Gasteiger partial charge is 2.00 e. The Morgan fingerprint density at radius 3 is 0.769 bits per heavy atom. The summed E-state index contributed by atoms with van der Waals surface area (Å²) in [5.74, 6) is -6.07. The molecule has 2 aromatic rings. The number of carboxylic acid groups (broad SMARTS) is 4. The minimum absolute atomic E-state index is 0. The molecule has 2 rings (SSSR count). The van der Waals surface area contributed by atoms with E-state index in [1.54, 1.807) is 0 Å². The predicted octanol–water partition coefficient (Wildman–Crippen LogP) is -3.56. The summed E-state index contributed by atoms with van der Waals surface area (Å²) < 4.78 is 0. The summed E-state index contributed by atoms with van der Waals surface area (Å²) in [5, 5.41) is 41.3. The molecule has 0 spiro atoms. The fourth-order valence-electron chi connectivity index (χ4n) is 1.68. The van der Waals surface area contributed by atoms with Crippen LogP contribution in [0.5, 0.6) is 0 Å². The first kappa shape index (κ1) is 26.4.